The van der Waals surface area contributed by atoms with Crippen LogP contribution >= 0.6 is 24.0 Å². The van der Waals surface area contributed by atoms with Crippen molar-refractivity contribution in [2.24, 2.45) is 4.99 Å². The first-order chi connectivity index (χ1) is 10.6. The van der Waals surface area contributed by atoms with E-state index in [0.717, 1.165) is 38.7 Å². The van der Waals surface area contributed by atoms with Gasteiger partial charge in [0.15, 0.2) is 5.96 Å². The van der Waals surface area contributed by atoms with Crippen LogP contribution < -0.4 is 10.6 Å². The Hall–Kier alpha value is -0.0800. The third-order valence-electron chi connectivity index (χ3n) is 4.31. The minimum Gasteiger partial charge on any atom is -0.380 e. The number of halogens is 1. The van der Waals surface area contributed by atoms with E-state index in [4.69, 9.17) is 4.74 Å². The molecule has 23 heavy (non-hydrogen) atoms. The summed E-state index contributed by atoms with van der Waals surface area (Å²) in [6.07, 6.45) is 6.34. The molecule has 0 aromatic heterocycles. The van der Waals surface area contributed by atoms with Crippen LogP contribution in [0.3, 0.4) is 0 Å². The van der Waals surface area contributed by atoms with Gasteiger partial charge in [-0.2, -0.15) is 0 Å². The second-order valence-electron chi connectivity index (χ2n) is 6.68. The van der Waals surface area contributed by atoms with E-state index in [1.165, 1.54) is 38.8 Å². The van der Waals surface area contributed by atoms with Gasteiger partial charge in [-0.3, -0.25) is 9.89 Å². The highest BCUT2D eigenvalue weighted by atomic mass is 127. The van der Waals surface area contributed by atoms with Crippen LogP contribution in [0.1, 0.15) is 52.9 Å². The van der Waals surface area contributed by atoms with E-state index >= 15 is 0 Å². The summed E-state index contributed by atoms with van der Waals surface area (Å²) in [6, 6.07) is 0. The molecule has 1 aliphatic rings. The Labute approximate surface area is 160 Å². The summed E-state index contributed by atoms with van der Waals surface area (Å²) < 4.78 is 5.56. The number of likely N-dealkylation sites (tertiary alicyclic amines) is 1. The van der Waals surface area contributed by atoms with Gasteiger partial charge in [-0.15, -0.1) is 24.0 Å². The molecule has 1 heterocycles. The lowest BCUT2D eigenvalue weighted by atomic mass is 9.98. The zero-order chi connectivity index (χ0) is 16.3. The van der Waals surface area contributed by atoms with Crippen molar-refractivity contribution in [3.63, 3.8) is 0 Å². The van der Waals surface area contributed by atoms with E-state index in [0.29, 0.717) is 0 Å². The molecule has 0 bridgehead atoms. The fourth-order valence-electron chi connectivity index (χ4n) is 2.72. The van der Waals surface area contributed by atoms with Gasteiger partial charge < -0.3 is 15.4 Å². The maximum atomic E-state index is 5.56. The molecule has 0 atom stereocenters. The molecule has 6 heteroatoms. The number of nitrogens with zero attached hydrogens (tertiary/aromatic N) is 2. The quantitative estimate of drug-likeness (QED) is 0.251. The van der Waals surface area contributed by atoms with Crippen molar-refractivity contribution in [3.05, 3.63) is 0 Å². The predicted molar refractivity (Wildman–Crippen MR) is 110 cm³/mol. The third kappa shape index (κ3) is 9.72. The highest BCUT2D eigenvalue weighted by Gasteiger charge is 2.27. The van der Waals surface area contributed by atoms with Gasteiger partial charge in [0.05, 0.1) is 6.61 Å². The van der Waals surface area contributed by atoms with Gasteiger partial charge in [-0.1, -0.05) is 19.8 Å². The summed E-state index contributed by atoms with van der Waals surface area (Å²) >= 11 is 0. The number of nitrogens with one attached hydrogen (secondary N) is 2. The van der Waals surface area contributed by atoms with Gasteiger partial charge in [0.25, 0.3) is 0 Å². The Morgan fingerprint density at radius 1 is 1.13 bits per heavy atom. The van der Waals surface area contributed by atoms with Gasteiger partial charge in [0.2, 0.25) is 0 Å². The van der Waals surface area contributed by atoms with E-state index in [1.807, 2.05) is 7.05 Å². The smallest absolute Gasteiger partial charge is 0.191 e. The van der Waals surface area contributed by atoms with Crippen molar-refractivity contribution >= 4 is 29.9 Å². The zero-order valence-corrected chi connectivity index (χ0v) is 17.8. The monoisotopic (exact) mass is 440 g/mol. The summed E-state index contributed by atoms with van der Waals surface area (Å²) in [5.74, 6) is 0.865. The summed E-state index contributed by atoms with van der Waals surface area (Å²) in [6.45, 7) is 12.5. The highest BCUT2D eigenvalue weighted by Crippen LogP contribution is 2.19. The Bertz CT molecular complexity index is 318. The van der Waals surface area contributed by atoms with Crippen molar-refractivity contribution in [1.82, 2.24) is 15.5 Å². The molecule has 1 fully saturated rings. The molecular formula is C17H37IN4O. The molecule has 0 spiro atoms. The highest BCUT2D eigenvalue weighted by molar-refractivity contribution is 14.0. The van der Waals surface area contributed by atoms with Crippen LogP contribution in [0.2, 0.25) is 0 Å². The first-order valence-corrected chi connectivity index (χ1v) is 8.87. The standard InChI is InChI=1S/C17H36N4O.HI/c1-5-6-13-22-14-10-19-16(18-4)20-15-17(2,3)21-11-8-7-9-12-21;/h5-15H2,1-4H3,(H2,18,19,20);1H. The molecule has 1 saturated heterocycles. The van der Waals surface area contributed by atoms with E-state index in [-0.39, 0.29) is 29.5 Å². The van der Waals surface area contributed by atoms with Gasteiger partial charge in [0, 0.05) is 32.3 Å². The van der Waals surface area contributed by atoms with Crippen molar-refractivity contribution in [2.45, 2.75) is 58.4 Å². The van der Waals surface area contributed by atoms with Crippen molar-refractivity contribution in [2.75, 3.05) is 46.4 Å². The van der Waals surface area contributed by atoms with Crippen LogP contribution in [0, 0.1) is 0 Å². The fourth-order valence-corrected chi connectivity index (χ4v) is 2.72. The molecule has 138 valence electrons. The van der Waals surface area contributed by atoms with Gasteiger partial charge in [-0.05, 0) is 46.2 Å². The first kappa shape index (κ1) is 22.9. The lowest BCUT2D eigenvalue weighted by molar-refractivity contribution is 0.0981. The zero-order valence-electron chi connectivity index (χ0n) is 15.5. The molecule has 0 amide bonds. The first-order valence-electron chi connectivity index (χ1n) is 8.87. The summed E-state index contributed by atoms with van der Waals surface area (Å²) in [5.41, 5.74) is 0.162. The molecule has 0 aromatic rings. The van der Waals surface area contributed by atoms with Crippen LogP contribution in [-0.4, -0.2) is 62.8 Å². The van der Waals surface area contributed by atoms with Crippen LogP contribution in [0.5, 0.6) is 0 Å². The molecule has 0 saturated carbocycles. The summed E-state index contributed by atoms with van der Waals surface area (Å²) in [7, 11) is 1.82. The third-order valence-corrected chi connectivity index (χ3v) is 4.31. The van der Waals surface area contributed by atoms with Gasteiger partial charge >= 0.3 is 0 Å². The fraction of sp³-hybridized carbons (Fsp3) is 0.941. The lowest BCUT2D eigenvalue weighted by Crippen LogP contribution is -2.55. The lowest BCUT2D eigenvalue weighted by Gasteiger charge is -2.41. The molecule has 1 rings (SSSR count). The maximum absolute atomic E-state index is 5.56. The van der Waals surface area contributed by atoms with E-state index < -0.39 is 0 Å². The van der Waals surface area contributed by atoms with Crippen molar-refractivity contribution in [3.8, 4) is 0 Å². The second-order valence-corrected chi connectivity index (χ2v) is 6.68. The number of piperidine rings is 1. The largest absolute Gasteiger partial charge is 0.380 e. The van der Waals surface area contributed by atoms with Crippen molar-refractivity contribution in [1.29, 1.82) is 0 Å². The van der Waals surface area contributed by atoms with Crippen LogP contribution in [0.4, 0.5) is 0 Å². The maximum Gasteiger partial charge on any atom is 0.191 e. The number of hydrogen-bond acceptors (Lipinski definition) is 3. The number of hydrogen-bond donors (Lipinski definition) is 2. The number of aliphatic imine (C=N–C) groups is 1. The molecule has 0 unspecified atom stereocenters. The van der Waals surface area contributed by atoms with Gasteiger partial charge in [0.1, 0.15) is 0 Å². The van der Waals surface area contributed by atoms with Crippen LogP contribution in [0.15, 0.2) is 4.99 Å². The molecule has 1 aliphatic heterocycles. The topological polar surface area (TPSA) is 48.9 Å². The molecule has 0 aromatic carbocycles. The number of unbranched alkanes of at least 4 members (excludes halogenated alkanes) is 1. The Morgan fingerprint density at radius 3 is 2.43 bits per heavy atom. The number of ether oxygens (including phenoxy) is 1. The normalized spacial score (nSPS) is 16.8. The summed E-state index contributed by atoms with van der Waals surface area (Å²) in [5, 5.41) is 6.77. The van der Waals surface area contributed by atoms with Crippen LogP contribution in [-0.2, 0) is 4.74 Å². The molecule has 0 radical (unpaired) electrons. The number of rotatable bonds is 9. The van der Waals surface area contributed by atoms with E-state index in [1.54, 1.807) is 0 Å². The average molecular weight is 440 g/mol. The van der Waals surface area contributed by atoms with Crippen molar-refractivity contribution < 1.29 is 4.74 Å². The predicted octanol–water partition coefficient (Wildman–Crippen LogP) is 2.85. The summed E-state index contributed by atoms with van der Waals surface area (Å²) in [4.78, 5) is 6.88. The van der Waals surface area contributed by atoms with E-state index in [9.17, 15) is 0 Å². The Balaban J connectivity index is 0.00000484. The molecule has 2 N–H and O–H groups in total. The minimum atomic E-state index is 0. The SMILES string of the molecule is CCCCOCCNC(=NC)NCC(C)(C)N1CCCCC1.I. The second kappa shape index (κ2) is 13.2. The van der Waals surface area contributed by atoms with E-state index in [2.05, 4.69) is 41.3 Å². The van der Waals surface area contributed by atoms with Crippen LogP contribution in [0.25, 0.3) is 0 Å². The van der Waals surface area contributed by atoms with Gasteiger partial charge in [-0.25, -0.2) is 0 Å². The Kier molecular flexibility index (Phi) is 13.2. The minimum absolute atomic E-state index is 0. The molecule has 5 nitrogen and oxygen atoms in total. The number of guanidine groups is 1. The molecular weight excluding hydrogens is 403 g/mol. The Morgan fingerprint density at radius 2 is 1.83 bits per heavy atom. The molecule has 0 aliphatic carbocycles. The average Bonchev–Trinajstić information content (AvgIpc) is 2.54.